The molecule has 0 radical (unpaired) electrons. The van der Waals surface area contributed by atoms with Crippen LogP contribution in [0.25, 0.3) is 0 Å². The lowest BCUT2D eigenvalue weighted by Gasteiger charge is -1.99. The Morgan fingerprint density at radius 1 is 1.50 bits per heavy atom. The first-order chi connectivity index (χ1) is 5.81. The number of ether oxygens (including phenoxy) is 1. The molecule has 0 N–H and O–H groups in total. The van der Waals surface area contributed by atoms with Crippen molar-refractivity contribution in [3.8, 4) is 0 Å². The largest absolute Gasteiger partial charge is 0.463 e. The number of hydrogen-bond acceptors (Lipinski definition) is 2. The zero-order valence-electron chi connectivity index (χ0n) is 7.58. The molecule has 0 fully saturated rings. The zero-order valence-corrected chi connectivity index (χ0v) is 7.58. The number of esters is 1. The summed E-state index contributed by atoms with van der Waals surface area (Å²) in [6.45, 7) is 5.80. The van der Waals surface area contributed by atoms with Gasteiger partial charge in [0.1, 0.15) is 0 Å². The predicted molar refractivity (Wildman–Crippen MR) is 49.8 cm³/mol. The maximum absolute atomic E-state index is 10.5. The van der Waals surface area contributed by atoms with Gasteiger partial charge in [-0.2, -0.15) is 0 Å². The Bertz CT molecular complexity index is 159. The van der Waals surface area contributed by atoms with Crippen molar-refractivity contribution >= 4 is 5.97 Å². The maximum atomic E-state index is 10.5. The van der Waals surface area contributed by atoms with Crippen molar-refractivity contribution in [1.29, 1.82) is 0 Å². The molecule has 0 aliphatic carbocycles. The molecule has 0 aromatic rings. The lowest BCUT2D eigenvalue weighted by Crippen LogP contribution is -2.01. The Kier molecular flexibility index (Phi) is 7.35. The van der Waals surface area contributed by atoms with Gasteiger partial charge < -0.3 is 4.74 Å². The van der Waals surface area contributed by atoms with E-state index in [0.29, 0.717) is 6.61 Å². The van der Waals surface area contributed by atoms with Gasteiger partial charge in [-0.05, 0) is 26.2 Å². The SMILES string of the molecule is C=CC(=O)OCCCC/C=C/C. The molecule has 2 nitrogen and oxygen atoms in total. The summed E-state index contributed by atoms with van der Waals surface area (Å²) in [6.07, 6.45) is 8.36. The second kappa shape index (κ2) is 8.05. The number of carbonyl (C=O) groups is 1. The molecule has 68 valence electrons. The fraction of sp³-hybridized carbons (Fsp3) is 0.500. The Hall–Kier alpha value is -1.05. The van der Waals surface area contributed by atoms with E-state index in [0.717, 1.165) is 19.3 Å². The van der Waals surface area contributed by atoms with E-state index in [-0.39, 0.29) is 5.97 Å². The van der Waals surface area contributed by atoms with Crippen LogP contribution in [0, 0.1) is 0 Å². The molecule has 0 heterocycles. The van der Waals surface area contributed by atoms with E-state index >= 15 is 0 Å². The number of unbranched alkanes of at least 4 members (excludes halogenated alkanes) is 2. The van der Waals surface area contributed by atoms with Gasteiger partial charge in [0, 0.05) is 6.08 Å². The molecule has 0 aliphatic heterocycles. The summed E-state index contributed by atoms with van der Waals surface area (Å²) in [5.74, 6) is -0.332. The van der Waals surface area contributed by atoms with E-state index in [4.69, 9.17) is 4.74 Å². The molecule has 2 heteroatoms. The van der Waals surface area contributed by atoms with Crippen LogP contribution in [0.4, 0.5) is 0 Å². The smallest absolute Gasteiger partial charge is 0.330 e. The standard InChI is InChI=1S/C10H16O2/c1-3-5-6-7-8-9-12-10(11)4-2/h3-5H,2,6-9H2,1H3/b5-3+. The Balaban J connectivity index is 3.10. The van der Waals surface area contributed by atoms with E-state index in [1.54, 1.807) is 0 Å². The van der Waals surface area contributed by atoms with Gasteiger partial charge in [0.25, 0.3) is 0 Å². The first kappa shape index (κ1) is 11.0. The topological polar surface area (TPSA) is 26.3 Å². The molecular formula is C10H16O2. The van der Waals surface area contributed by atoms with Crippen LogP contribution >= 0.6 is 0 Å². The van der Waals surface area contributed by atoms with Crippen molar-refractivity contribution in [3.05, 3.63) is 24.8 Å². The summed E-state index contributed by atoms with van der Waals surface area (Å²) >= 11 is 0. The summed E-state index contributed by atoms with van der Waals surface area (Å²) in [5.41, 5.74) is 0. The van der Waals surface area contributed by atoms with Gasteiger partial charge in [-0.3, -0.25) is 0 Å². The molecular weight excluding hydrogens is 152 g/mol. The lowest BCUT2D eigenvalue weighted by atomic mass is 10.2. The van der Waals surface area contributed by atoms with Crippen molar-refractivity contribution in [1.82, 2.24) is 0 Å². The highest BCUT2D eigenvalue weighted by Gasteiger charge is 1.93. The molecule has 0 aliphatic rings. The molecule has 0 spiro atoms. The molecule has 0 bridgehead atoms. The second-order valence-electron chi connectivity index (χ2n) is 2.44. The number of hydrogen-bond donors (Lipinski definition) is 0. The lowest BCUT2D eigenvalue weighted by molar-refractivity contribution is -0.137. The average Bonchev–Trinajstić information content (AvgIpc) is 2.10. The van der Waals surface area contributed by atoms with Crippen LogP contribution in [0.15, 0.2) is 24.8 Å². The van der Waals surface area contributed by atoms with Gasteiger partial charge in [-0.25, -0.2) is 4.79 Å². The van der Waals surface area contributed by atoms with E-state index in [9.17, 15) is 4.79 Å². The Morgan fingerprint density at radius 2 is 2.25 bits per heavy atom. The molecule has 0 atom stereocenters. The minimum atomic E-state index is -0.332. The predicted octanol–water partition coefficient (Wildman–Crippen LogP) is 2.46. The summed E-state index contributed by atoms with van der Waals surface area (Å²) in [7, 11) is 0. The third-order valence-corrected chi connectivity index (χ3v) is 1.41. The number of rotatable bonds is 6. The van der Waals surface area contributed by atoms with Crippen LogP contribution in [0.2, 0.25) is 0 Å². The molecule has 0 amide bonds. The first-order valence-electron chi connectivity index (χ1n) is 4.21. The van der Waals surface area contributed by atoms with Crippen LogP contribution < -0.4 is 0 Å². The Morgan fingerprint density at radius 3 is 2.83 bits per heavy atom. The maximum Gasteiger partial charge on any atom is 0.330 e. The normalized spacial score (nSPS) is 10.1. The van der Waals surface area contributed by atoms with Crippen molar-refractivity contribution in [2.45, 2.75) is 26.2 Å². The summed E-state index contributed by atoms with van der Waals surface area (Å²) in [4.78, 5) is 10.5. The third kappa shape index (κ3) is 7.06. The van der Waals surface area contributed by atoms with Crippen molar-refractivity contribution in [2.24, 2.45) is 0 Å². The van der Waals surface area contributed by atoms with Gasteiger partial charge in [-0.1, -0.05) is 18.7 Å². The molecule has 0 aromatic carbocycles. The summed E-state index contributed by atoms with van der Waals surface area (Å²) < 4.78 is 4.79. The van der Waals surface area contributed by atoms with Crippen LogP contribution in [0.5, 0.6) is 0 Å². The molecule has 0 saturated carbocycles. The van der Waals surface area contributed by atoms with Crippen molar-refractivity contribution < 1.29 is 9.53 Å². The monoisotopic (exact) mass is 168 g/mol. The fourth-order valence-electron chi connectivity index (χ4n) is 0.763. The zero-order chi connectivity index (χ0) is 9.23. The third-order valence-electron chi connectivity index (χ3n) is 1.41. The summed E-state index contributed by atoms with van der Waals surface area (Å²) in [5, 5.41) is 0. The highest BCUT2D eigenvalue weighted by molar-refractivity contribution is 5.81. The average molecular weight is 168 g/mol. The van der Waals surface area contributed by atoms with E-state index in [2.05, 4.69) is 12.7 Å². The molecule has 0 saturated heterocycles. The van der Waals surface area contributed by atoms with Gasteiger partial charge in [-0.15, -0.1) is 0 Å². The quantitative estimate of drug-likeness (QED) is 0.263. The highest BCUT2D eigenvalue weighted by atomic mass is 16.5. The minimum Gasteiger partial charge on any atom is -0.463 e. The fourth-order valence-corrected chi connectivity index (χ4v) is 0.763. The molecule has 0 unspecified atom stereocenters. The Labute approximate surface area is 73.9 Å². The van der Waals surface area contributed by atoms with Crippen LogP contribution in [-0.4, -0.2) is 12.6 Å². The molecule has 12 heavy (non-hydrogen) atoms. The molecule has 0 aromatic heterocycles. The van der Waals surface area contributed by atoms with Crippen LogP contribution in [0.1, 0.15) is 26.2 Å². The van der Waals surface area contributed by atoms with Gasteiger partial charge >= 0.3 is 5.97 Å². The van der Waals surface area contributed by atoms with Crippen molar-refractivity contribution in [2.75, 3.05) is 6.61 Å². The second-order valence-corrected chi connectivity index (χ2v) is 2.44. The van der Waals surface area contributed by atoms with Gasteiger partial charge in [0.2, 0.25) is 0 Å². The van der Waals surface area contributed by atoms with Crippen LogP contribution in [-0.2, 0) is 9.53 Å². The van der Waals surface area contributed by atoms with Gasteiger partial charge in [0.05, 0.1) is 6.61 Å². The van der Waals surface area contributed by atoms with E-state index < -0.39 is 0 Å². The minimum absolute atomic E-state index is 0.332. The van der Waals surface area contributed by atoms with E-state index in [1.807, 2.05) is 13.0 Å². The van der Waals surface area contributed by atoms with Crippen LogP contribution in [0.3, 0.4) is 0 Å². The van der Waals surface area contributed by atoms with E-state index in [1.165, 1.54) is 6.08 Å². The molecule has 0 rings (SSSR count). The highest BCUT2D eigenvalue weighted by Crippen LogP contribution is 1.97. The summed E-state index contributed by atoms with van der Waals surface area (Å²) in [6, 6.07) is 0. The number of carbonyl (C=O) groups excluding carboxylic acids is 1. The van der Waals surface area contributed by atoms with Gasteiger partial charge in [0.15, 0.2) is 0 Å². The van der Waals surface area contributed by atoms with Crippen molar-refractivity contribution in [3.63, 3.8) is 0 Å². The first-order valence-corrected chi connectivity index (χ1v) is 4.21. The number of allylic oxidation sites excluding steroid dienone is 2.